The van der Waals surface area contributed by atoms with Crippen molar-refractivity contribution in [2.24, 2.45) is 5.73 Å². The molecule has 1 atom stereocenters. The number of benzene rings is 1. The van der Waals surface area contributed by atoms with E-state index in [0.717, 1.165) is 12.1 Å². The fraction of sp³-hybridized carbons (Fsp3) is 0.143. The van der Waals surface area contributed by atoms with Gasteiger partial charge in [-0.05, 0) is 13.0 Å². The van der Waals surface area contributed by atoms with Crippen LogP contribution in [0.5, 0.6) is 5.88 Å². The Bertz CT molecular complexity index is 804. The fourth-order valence-electron chi connectivity index (χ4n) is 2.45. The quantitative estimate of drug-likeness (QED) is 0.842. The van der Waals surface area contributed by atoms with Gasteiger partial charge in [-0.3, -0.25) is 5.10 Å². The van der Waals surface area contributed by atoms with E-state index >= 15 is 0 Å². The van der Waals surface area contributed by atoms with E-state index in [9.17, 15) is 14.0 Å². The molecule has 2 aromatic rings. The Balaban J connectivity index is 2.27. The molecule has 0 spiro atoms. The first kappa shape index (κ1) is 13.1. The lowest BCUT2D eigenvalue weighted by Crippen LogP contribution is -2.21. The first-order valence-electron chi connectivity index (χ1n) is 6.10. The molecule has 2 heterocycles. The summed E-state index contributed by atoms with van der Waals surface area (Å²) in [5.41, 5.74) is 7.06. The molecule has 0 aliphatic carbocycles. The molecule has 0 fully saturated rings. The minimum atomic E-state index is -0.780. The summed E-state index contributed by atoms with van der Waals surface area (Å²) < 4.78 is 32.5. The summed E-state index contributed by atoms with van der Waals surface area (Å²) in [6, 6.07) is 5.12. The summed E-state index contributed by atoms with van der Waals surface area (Å²) in [7, 11) is 0. The third kappa shape index (κ3) is 1.92. The van der Waals surface area contributed by atoms with Gasteiger partial charge in [0.15, 0.2) is 0 Å². The van der Waals surface area contributed by atoms with Gasteiger partial charge in [0.25, 0.3) is 0 Å². The Morgan fingerprint density at radius 3 is 2.86 bits per heavy atom. The average Bonchev–Trinajstić information content (AvgIpc) is 2.79. The molecule has 0 unspecified atom stereocenters. The molecule has 21 heavy (non-hydrogen) atoms. The summed E-state index contributed by atoms with van der Waals surface area (Å²) in [6.07, 6.45) is 0. The Morgan fingerprint density at radius 1 is 1.43 bits per heavy atom. The second kappa shape index (κ2) is 4.59. The van der Waals surface area contributed by atoms with Gasteiger partial charge in [-0.15, -0.1) is 5.10 Å². The first-order valence-corrected chi connectivity index (χ1v) is 6.10. The molecule has 0 amide bonds. The van der Waals surface area contributed by atoms with Gasteiger partial charge in [-0.1, -0.05) is 6.07 Å². The van der Waals surface area contributed by atoms with Crippen LogP contribution in [0.2, 0.25) is 0 Å². The lowest BCUT2D eigenvalue weighted by molar-refractivity contribution is 0.377. The van der Waals surface area contributed by atoms with E-state index in [1.165, 1.54) is 6.07 Å². The summed E-state index contributed by atoms with van der Waals surface area (Å²) in [6.45, 7) is 1.72. The monoisotopic (exact) mass is 288 g/mol. The van der Waals surface area contributed by atoms with Crippen molar-refractivity contribution in [1.82, 2.24) is 10.2 Å². The topological polar surface area (TPSA) is 87.7 Å². The number of hydrogen-bond acceptors (Lipinski definition) is 4. The van der Waals surface area contributed by atoms with Crippen molar-refractivity contribution in [3.63, 3.8) is 0 Å². The predicted molar refractivity (Wildman–Crippen MR) is 69.0 cm³/mol. The molecule has 3 rings (SSSR count). The number of allylic oxidation sites excluding steroid dienone is 1. The number of aromatic nitrogens is 2. The number of halogens is 2. The van der Waals surface area contributed by atoms with Gasteiger partial charge in [0, 0.05) is 22.9 Å². The van der Waals surface area contributed by atoms with Crippen LogP contribution >= 0.6 is 0 Å². The number of nitrogens with two attached hydrogens (primary N) is 1. The molecule has 106 valence electrons. The highest BCUT2D eigenvalue weighted by Crippen LogP contribution is 2.43. The van der Waals surface area contributed by atoms with Crippen molar-refractivity contribution in [2.45, 2.75) is 12.8 Å². The second-order valence-electron chi connectivity index (χ2n) is 4.66. The molecule has 0 saturated carbocycles. The van der Waals surface area contributed by atoms with Gasteiger partial charge in [0.1, 0.15) is 23.3 Å². The second-order valence-corrected chi connectivity index (χ2v) is 4.66. The number of rotatable bonds is 1. The van der Waals surface area contributed by atoms with E-state index in [2.05, 4.69) is 10.2 Å². The van der Waals surface area contributed by atoms with Crippen LogP contribution in [0.25, 0.3) is 0 Å². The van der Waals surface area contributed by atoms with Crippen molar-refractivity contribution in [3.05, 3.63) is 58.1 Å². The number of nitrogens with zero attached hydrogens (tertiary/aromatic N) is 2. The van der Waals surface area contributed by atoms with Gasteiger partial charge in [0.2, 0.25) is 11.8 Å². The SMILES string of the molecule is Cc1[nH]nc2c1[C@H](c1ccc(F)cc1F)C(C#N)=C(N)O2. The van der Waals surface area contributed by atoms with Crippen LogP contribution in [0, 0.1) is 29.9 Å². The van der Waals surface area contributed by atoms with Crippen LogP contribution in [0.15, 0.2) is 29.7 Å². The van der Waals surface area contributed by atoms with E-state index in [1.807, 2.05) is 6.07 Å². The predicted octanol–water partition coefficient (Wildman–Crippen LogP) is 2.21. The van der Waals surface area contributed by atoms with Gasteiger partial charge >= 0.3 is 0 Å². The molecule has 0 bridgehead atoms. The standard InChI is InChI=1S/C14H10F2N4O/c1-6-11-12(8-3-2-7(15)4-10(8)16)9(5-17)13(18)21-14(11)20-19-6/h2-4,12H,18H2,1H3,(H,19,20)/t12-/m1/s1. The maximum atomic E-state index is 14.1. The fourth-order valence-corrected chi connectivity index (χ4v) is 2.45. The van der Waals surface area contributed by atoms with Crippen molar-refractivity contribution in [1.29, 1.82) is 5.26 Å². The van der Waals surface area contributed by atoms with Crippen molar-refractivity contribution in [3.8, 4) is 11.9 Å². The molecule has 5 nitrogen and oxygen atoms in total. The highest BCUT2D eigenvalue weighted by molar-refractivity contribution is 5.55. The van der Waals surface area contributed by atoms with Crippen LogP contribution in [-0.2, 0) is 0 Å². The Labute approximate surface area is 118 Å². The molecule has 3 N–H and O–H groups in total. The number of aryl methyl sites for hydroxylation is 1. The third-order valence-corrected chi connectivity index (χ3v) is 3.40. The summed E-state index contributed by atoms with van der Waals surface area (Å²) in [5.74, 6) is -2.17. The van der Waals surface area contributed by atoms with Crippen LogP contribution in [0.1, 0.15) is 22.7 Å². The van der Waals surface area contributed by atoms with Crippen LogP contribution in [-0.4, -0.2) is 10.2 Å². The van der Waals surface area contributed by atoms with Crippen LogP contribution < -0.4 is 10.5 Å². The number of hydrogen-bond donors (Lipinski definition) is 2. The Kier molecular flexibility index (Phi) is 2.87. The zero-order valence-corrected chi connectivity index (χ0v) is 10.9. The molecule has 1 aromatic carbocycles. The highest BCUT2D eigenvalue weighted by atomic mass is 19.1. The molecule has 1 aliphatic rings. The van der Waals surface area contributed by atoms with E-state index in [4.69, 9.17) is 10.5 Å². The lowest BCUT2D eigenvalue weighted by atomic mass is 9.84. The van der Waals surface area contributed by atoms with Crippen molar-refractivity contribution >= 4 is 0 Å². The average molecular weight is 288 g/mol. The van der Waals surface area contributed by atoms with Gasteiger partial charge in [-0.25, -0.2) is 8.78 Å². The molecule has 0 radical (unpaired) electrons. The summed E-state index contributed by atoms with van der Waals surface area (Å²) in [5, 5.41) is 15.9. The number of ether oxygens (including phenoxy) is 1. The normalized spacial score (nSPS) is 17.1. The van der Waals surface area contributed by atoms with E-state index in [-0.39, 0.29) is 22.9 Å². The molecular weight excluding hydrogens is 278 g/mol. The molecule has 1 aliphatic heterocycles. The number of nitriles is 1. The van der Waals surface area contributed by atoms with E-state index < -0.39 is 17.6 Å². The lowest BCUT2D eigenvalue weighted by Gasteiger charge is -2.23. The zero-order valence-electron chi connectivity index (χ0n) is 10.9. The minimum Gasteiger partial charge on any atom is -0.420 e. The largest absolute Gasteiger partial charge is 0.420 e. The molecule has 1 aromatic heterocycles. The molecular formula is C14H10F2N4O. The Morgan fingerprint density at radius 2 is 2.19 bits per heavy atom. The van der Waals surface area contributed by atoms with Gasteiger partial charge < -0.3 is 10.5 Å². The highest BCUT2D eigenvalue weighted by Gasteiger charge is 2.35. The smallest absolute Gasteiger partial charge is 0.244 e. The maximum Gasteiger partial charge on any atom is 0.244 e. The third-order valence-electron chi connectivity index (χ3n) is 3.40. The van der Waals surface area contributed by atoms with E-state index in [1.54, 1.807) is 6.92 Å². The van der Waals surface area contributed by atoms with E-state index in [0.29, 0.717) is 11.3 Å². The minimum absolute atomic E-state index is 0.0671. The molecule has 0 saturated heterocycles. The zero-order chi connectivity index (χ0) is 15.1. The van der Waals surface area contributed by atoms with Crippen LogP contribution in [0.3, 0.4) is 0 Å². The van der Waals surface area contributed by atoms with Gasteiger partial charge in [0.05, 0.1) is 5.92 Å². The number of fused-ring (bicyclic) bond motifs is 1. The Hall–Kier alpha value is -2.88. The van der Waals surface area contributed by atoms with Crippen LogP contribution in [0.4, 0.5) is 8.78 Å². The number of nitrogens with one attached hydrogen (secondary N) is 1. The van der Waals surface area contributed by atoms with Crippen molar-refractivity contribution < 1.29 is 13.5 Å². The number of H-pyrrole nitrogens is 1. The summed E-state index contributed by atoms with van der Waals surface area (Å²) in [4.78, 5) is 0. The summed E-state index contributed by atoms with van der Waals surface area (Å²) >= 11 is 0. The maximum absolute atomic E-state index is 14.1. The number of aromatic amines is 1. The van der Waals surface area contributed by atoms with Gasteiger partial charge in [-0.2, -0.15) is 5.26 Å². The van der Waals surface area contributed by atoms with Crippen molar-refractivity contribution in [2.75, 3.05) is 0 Å². The molecule has 7 heteroatoms. The first-order chi connectivity index (χ1) is 10.0.